The van der Waals surface area contributed by atoms with Crippen LogP contribution >= 0.6 is 0 Å². The molecule has 4 aliphatic rings. The third kappa shape index (κ3) is 3.35. The van der Waals surface area contributed by atoms with Crippen molar-refractivity contribution in [2.24, 2.45) is 5.73 Å². The summed E-state index contributed by atoms with van der Waals surface area (Å²) >= 11 is 0. The molecule has 4 rings (SSSR count). The molecule has 3 heterocycles. The summed E-state index contributed by atoms with van der Waals surface area (Å²) in [6, 6.07) is 2.03. The average molecular weight is 335 g/mol. The Hall–Kier alpha value is -0.650. The van der Waals surface area contributed by atoms with Crippen molar-refractivity contribution in [1.82, 2.24) is 14.7 Å². The predicted molar refractivity (Wildman–Crippen MR) is 95.8 cm³/mol. The van der Waals surface area contributed by atoms with E-state index in [1.54, 1.807) is 0 Å². The maximum Gasteiger partial charge on any atom is 0.222 e. The van der Waals surface area contributed by atoms with Crippen molar-refractivity contribution in [2.45, 2.75) is 82.0 Å². The fourth-order valence-electron chi connectivity index (χ4n) is 5.62. The SMILES string of the molecule is NC1CN(C2CCCCC2)CCC1N1CCN2C(=O)CCCC2C1. The van der Waals surface area contributed by atoms with Crippen LogP contribution in [0, 0.1) is 0 Å². The fraction of sp³-hybridized carbons (Fsp3) is 0.947. The topological polar surface area (TPSA) is 52.8 Å². The molecule has 4 fully saturated rings. The van der Waals surface area contributed by atoms with Crippen molar-refractivity contribution in [3.05, 3.63) is 0 Å². The Morgan fingerprint density at radius 1 is 0.792 bits per heavy atom. The van der Waals surface area contributed by atoms with Crippen molar-refractivity contribution in [1.29, 1.82) is 0 Å². The van der Waals surface area contributed by atoms with Crippen LogP contribution in [0.2, 0.25) is 0 Å². The first-order chi connectivity index (χ1) is 11.7. The Morgan fingerprint density at radius 2 is 1.58 bits per heavy atom. The van der Waals surface area contributed by atoms with Gasteiger partial charge in [0.2, 0.25) is 5.91 Å². The standard InChI is InChI=1S/C19H34N4O/c20-17-14-21(15-5-2-1-3-6-15)10-9-18(17)22-11-12-23-16(13-22)7-4-8-19(23)24/h15-18H,1-14,20H2. The molecular weight excluding hydrogens is 300 g/mol. The molecule has 0 aromatic rings. The predicted octanol–water partition coefficient (Wildman–Crippen LogP) is 1.42. The van der Waals surface area contributed by atoms with Gasteiger partial charge in [-0.3, -0.25) is 14.6 Å². The molecule has 5 nitrogen and oxygen atoms in total. The Labute approximate surface area is 146 Å². The molecule has 3 aliphatic heterocycles. The van der Waals surface area contributed by atoms with Gasteiger partial charge in [0.1, 0.15) is 0 Å². The van der Waals surface area contributed by atoms with E-state index in [-0.39, 0.29) is 6.04 Å². The zero-order chi connectivity index (χ0) is 16.5. The lowest BCUT2D eigenvalue weighted by atomic mass is 9.89. The number of nitrogens with zero attached hydrogens (tertiary/aromatic N) is 3. The summed E-state index contributed by atoms with van der Waals surface area (Å²) in [6.07, 6.45) is 11.2. The van der Waals surface area contributed by atoms with Gasteiger partial charge >= 0.3 is 0 Å². The normalized spacial score (nSPS) is 37.5. The molecule has 24 heavy (non-hydrogen) atoms. The minimum atomic E-state index is 0.270. The second-order valence-electron chi connectivity index (χ2n) is 8.43. The maximum absolute atomic E-state index is 12.1. The first kappa shape index (κ1) is 16.8. The van der Waals surface area contributed by atoms with Gasteiger partial charge in [-0.1, -0.05) is 19.3 Å². The van der Waals surface area contributed by atoms with Gasteiger partial charge in [0, 0.05) is 63.3 Å². The van der Waals surface area contributed by atoms with E-state index in [1.165, 1.54) is 51.5 Å². The molecule has 1 amide bonds. The molecule has 1 saturated carbocycles. The van der Waals surface area contributed by atoms with Gasteiger partial charge < -0.3 is 10.6 Å². The zero-order valence-corrected chi connectivity index (χ0v) is 15.0. The largest absolute Gasteiger partial charge is 0.337 e. The molecule has 0 aromatic heterocycles. The molecule has 3 atom stereocenters. The van der Waals surface area contributed by atoms with Gasteiger partial charge in [-0.05, 0) is 32.1 Å². The Kier molecular flexibility index (Phi) is 5.11. The van der Waals surface area contributed by atoms with Crippen molar-refractivity contribution in [2.75, 3.05) is 32.7 Å². The highest BCUT2D eigenvalue weighted by Crippen LogP contribution is 2.29. The number of amides is 1. The van der Waals surface area contributed by atoms with E-state index >= 15 is 0 Å². The van der Waals surface area contributed by atoms with E-state index in [0.717, 1.165) is 45.1 Å². The number of hydrogen-bond acceptors (Lipinski definition) is 4. The maximum atomic E-state index is 12.1. The van der Waals surface area contributed by atoms with Crippen LogP contribution in [0.3, 0.4) is 0 Å². The Morgan fingerprint density at radius 3 is 2.38 bits per heavy atom. The molecular formula is C19H34N4O. The lowest BCUT2D eigenvalue weighted by Crippen LogP contribution is -2.65. The van der Waals surface area contributed by atoms with E-state index in [4.69, 9.17) is 5.73 Å². The lowest BCUT2D eigenvalue weighted by Gasteiger charge is -2.50. The van der Waals surface area contributed by atoms with Gasteiger partial charge in [-0.15, -0.1) is 0 Å². The van der Waals surface area contributed by atoms with Crippen LogP contribution in [0.25, 0.3) is 0 Å². The minimum absolute atomic E-state index is 0.270. The monoisotopic (exact) mass is 334 g/mol. The number of hydrogen-bond donors (Lipinski definition) is 1. The van der Waals surface area contributed by atoms with Crippen LogP contribution in [-0.4, -0.2) is 77.5 Å². The third-order valence-corrected chi connectivity index (χ3v) is 6.97. The van der Waals surface area contributed by atoms with Crippen LogP contribution in [0.15, 0.2) is 0 Å². The van der Waals surface area contributed by atoms with Gasteiger partial charge in [0.05, 0.1) is 0 Å². The first-order valence-corrected chi connectivity index (χ1v) is 10.3. The van der Waals surface area contributed by atoms with E-state index < -0.39 is 0 Å². The molecule has 3 unspecified atom stereocenters. The van der Waals surface area contributed by atoms with Crippen LogP contribution < -0.4 is 5.73 Å². The van der Waals surface area contributed by atoms with Gasteiger partial charge in [0.15, 0.2) is 0 Å². The molecule has 2 N–H and O–H groups in total. The van der Waals surface area contributed by atoms with Crippen LogP contribution in [-0.2, 0) is 4.79 Å². The number of fused-ring (bicyclic) bond motifs is 1. The highest BCUT2D eigenvalue weighted by atomic mass is 16.2. The van der Waals surface area contributed by atoms with Gasteiger partial charge in [-0.2, -0.15) is 0 Å². The van der Waals surface area contributed by atoms with Crippen molar-refractivity contribution < 1.29 is 4.79 Å². The summed E-state index contributed by atoms with van der Waals surface area (Å²) < 4.78 is 0. The molecule has 0 spiro atoms. The second-order valence-corrected chi connectivity index (χ2v) is 8.43. The molecule has 0 bridgehead atoms. The van der Waals surface area contributed by atoms with Crippen LogP contribution in [0.4, 0.5) is 0 Å². The number of likely N-dealkylation sites (tertiary alicyclic amines) is 1. The molecule has 3 saturated heterocycles. The summed E-state index contributed by atoms with van der Waals surface area (Å²) in [7, 11) is 0. The van der Waals surface area contributed by atoms with E-state index in [9.17, 15) is 4.79 Å². The first-order valence-electron chi connectivity index (χ1n) is 10.3. The van der Waals surface area contributed by atoms with Crippen molar-refractivity contribution in [3.8, 4) is 0 Å². The number of rotatable bonds is 2. The minimum Gasteiger partial charge on any atom is -0.337 e. The second kappa shape index (κ2) is 7.30. The van der Waals surface area contributed by atoms with Crippen LogP contribution in [0.5, 0.6) is 0 Å². The molecule has 1 aliphatic carbocycles. The highest BCUT2D eigenvalue weighted by Gasteiger charge is 2.39. The molecule has 0 radical (unpaired) electrons. The van der Waals surface area contributed by atoms with Gasteiger partial charge in [0.25, 0.3) is 0 Å². The number of nitrogens with two attached hydrogens (primary N) is 1. The molecule has 136 valence electrons. The van der Waals surface area contributed by atoms with Gasteiger partial charge in [-0.25, -0.2) is 0 Å². The third-order valence-electron chi connectivity index (χ3n) is 6.97. The van der Waals surface area contributed by atoms with Crippen LogP contribution in [0.1, 0.15) is 57.8 Å². The molecule has 5 heteroatoms. The summed E-state index contributed by atoms with van der Waals surface area (Å²) in [5, 5.41) is 0. The highest BCUT2D eigenvalue weighted by molar-refractivity contribution is 5.77. The lowest BCUT2D eigenvalue weighted by molar-refractivity contribution is -0.140. The average Bonchev–Trinajstić information content (AvgIpc) is 2.62. The summed E-state index contributed by atoms with van der Waals surface area (Å²) in [5.74, 6) is 0.377. The summed E-state index contributed by atoms with van der Waals surface area (Å²) in [5.41, 5.74) is 6.64. The number of piperazine rings is 1. The Bertz CT molecular complexity index is 451. The summed E-state index contributed by atoms with van der Waals surface area (Å²) in [4.78, 5) is 19.5. The number of carbonyl (C=O) groups excluding carboxylic acids is 1. The fourth-order valence-corrected chi connectivity index (χ4v) is 5.62. The number of carbonyl (C=O) groups is 1. The van der Waals surface area contributed by atoms with E-state index in [1.807, 2.05) is 0 Å². The zero-order valence-electron chi connectivity index (χ0n) is 15.0. The Balaban J connectivity index is 1.33. The molecule has 0 aromatic carbocycles. The quantitative estimate of drug-likeness (QED) is 0.830. The van der Waals surface area contributed by atoms with Crippen molar-refractivity contribution in [3.63, 3.8) is 0 Å². The number of piperidine rings is 2. The summed E-state index contributed by atoms with van der Waals surface area (Å²) in [6.45, 7) is 5.27. The van der Waals surface area contributed by atoms with E-state index in [0.29, 0.717) is 18.0 Å². The smallest absolute Gasteiger partial charge is 0.222 e. The van der Waals surface area contributed by atoms with Crippen molar-refractivity contribution >= 4 is 5.91 Å². The van der Waals surface area contributed by atoms with E-state index in [2.05, 4.69) is 14.7 Å².